The van der Waals surface area contributed by atoms with E-state index in [1.807, 2.05) is 20.8 Å². The molecule has 0 unspecified atom stereocenters. The molecule has 0 fully saturated rings. The minimum Gasteiger partial charge on any atom is -0.351 e. The van der Waals surface area contributed by atoms with Gasteiger partial charge in [-0.05, 0) is 31.1 Å². The first-order valence-electron chi connectivity index (χ1n) is 5.64. The van der Waals surface area contributed by atoms with Gasteiger partial charge in [0.2, 0.25) is 0 Å². The SMILES string of the molecule is C=C(C)c1ccn(C)c1/C=C\CC.CC. The van der Waals surface area contributed by atoms with Crippen molar-refractivity contribution in [1.29, 1.82) is 0 Å². The van der Waals surface area contributed by atoms with Crippen molar-refractivity contribution in [3.8, 4) is 0 Å². The van der Waals surface area contributed by atoms with E-state index in [2.05, 4.69) is 49.5 Å². The number of allylic oxidation sites excluding steroid dienone is 2. The lowest BCUT2D eigenvalue weighted by Gasteiger charge is -2.01. The maximum Gasteiger partial charge on any atom is 0.0476 e. The maximum atomic E-state index is 3.96. The van der Waals surface area contributed by atoms with E-state index in [1.165, 1.54) is 11.3 Å². The zero-order valence-electron chi connectivity index (χ0n) is 10.7. The number of aromatic nitrogens is 1. The van der Waals surface area contributed by atoms with Gasteiger partial charge in [0.1, 0.15) is 0 Å². The summed E-state index contributed by atoms with van der Waals surface area (Å²) in [6.07, 6.45) is 7.46. The predicted octanol–water partition coefficient (Wildman–Crippen LogP) is 4.51. The third-order valence-corrected chi connectivity index (χ3v) is 2.09. The molecule has 0 N–H and O–H groups in total. The normalized spacial score (nSPS) is 9.93. The molecule has 0 aliphatic heterocycles. The summed E-state index contributed by atoms with van der Waals surface area (Å²) >= 11 is 0. The number of nitrogens with zero attached hydrogens (tertiary/aromatic N) is 1. The molecule has 0 bridgehead atoms. The minimum atomic E-state index is 1.07. The van der Waals surface area contributed by atoms with Crippen LogP contribution in [0.15, 0.2) is 24.9 Å². The van der Waals surface area contributed by atoms with Gasteiger partial charge in [0.05, 0.1) is 0 Å². The topological polar surface area (TPSA) is 4.93 Å². The van der Waals surface area contributed by atoms with Crippen molar-refractivity contribution in [3.63, 3.8) is 0 Å². The van der Waals surface area contributed by atoms with E-state index in [1.54, 1.807) is 0 Å². The Hall–Kier alpha value is -1.24. The highest BCUT2D eigenvalue weighted by molar-refractivity contribution is 5.70. The van der Waals surface area contributed by atoms with E-state index in [4.69, 9.17) is 0 Å². The highest BCUT2D eigenvalue weighted by atomic mass is 14.9. The Balaban J connectivity index is 0.000000921. The highest BCUT2D eigenvalue weighted by Crippen LogP contribution is 2.19. The summed E-state index contributed by atoms with van der Waals surface area (Å²) in [5.41, 5.74) is 3.61. The lowest BCUT2D eigenvalue weighted by atomic mass is 10.1. The van der Waals surface area contributed by atoms with Gasteiger partial charge in [-0.2, -0.15) is 0 Å². The van der Waals surface area contributed by atoms with Crippen molar-refractivity contribution < 1.29 is 0 Å². The van der Waals surface area contributed by atoms with Crippen LogP contribution < -0.4 is 0 Å². The summed E-state index contributed by atoms with van der Waals surface area (Å²) in [6, 6.07) is 2.11. The van der Waals surface area contributed by atoms with Crippen LogP contribution in [0.2, 0.25) is 0 Å². The molecule has 1 rings (SSSR count). The first kappa shape index (κ1) is 13.8. The molecule has 15 heavy (non-hydrogen) atoms. The van der Waals surface area contributed by atoms with Crippen LogP contribution in [0.25, 0.3) is 11.6 Å². The first-order valence-corrected chi connectivity index (χ1v) is 5.64. The van der Waals surface area contributed by atoms with Gasteiger partial charge < -0.3 is 4.57 Å². The van der Waals surface area contributed by atoms with Crippen LogP contribution in [0, 0.1) is 0 Å². The molecule has 0 atom stereocenters. The molecular weight excluding hydrogens is 182 g/mol. The van der Waals surface area contributed by atoms with Gasteiger partial charge in [-0.1, -0.05) is 33.4 Å². The lowest BCUT2D eigenvalue weighted by Crippen LogP contribution is -1.90. The Morgan fingerprint density at radius 2 is 2.07 bits per heavy atom. The van der Waals surface area contributed by atoms with Crippen LogP contribution in [0.5, 0.6) is 0 Å². The van der Waals surface area contributed by atoms with Gasteiger partial charge in [0.15, 0.2) is 0 Å². The van der Waals surface area contributed by atoms with Crippen LogP contribution in [-0.4, -0.2) is 4.57 Å². The predicted molar refractivity (Wildman–Crippen MR) is 70.8 cm³/mol. The van der Waals surface area contributed by atoms with Crippen LogP contribution in [-0.2, 0) is 7.05 Å². The fourth-order valence-corrected chi connectivity index (χ4v) is 1.34. The molecule has 0 radical (unpaired) electrons. The van der Waals surface area contributed by atoms with Crippen molar-refractivity contribution in [2.24, 2.45) is 7.05 Å². The quantitative estimate of drug-likeness (QED) is 0.684. The van der Waals surface area contributed by atoms with E-state index in [-0.39, 0.29) is 0 Å². The maximum absolute atomic E-state index is 3.96. The second kappa shape index (κ2) is 7.10. The molecule has 0 saturated heterocycles. The molecule has 84 valence electrons. The van der Waals surface area contributed by atoms with Crippen molar-refractivity contribution >= 4 is 11.6 Å². The fraction of sp³-hybridized carbons (Fsp3) is 0.429. The van der Waals surface area contributed by atoms with E-state index < -0.39 is 0 Å². The van der Waals surface area contributed by atoms with E-state index in [0.29, 0.717) is 0 Å². The van der Waals surface area contributed by atoms with E-state index in [0.717, 1.165) is 12.0 Å². The molecule has 1 heterocycles. The number of aryl methyl sites for hydroxylation is 1. The Labute approximate surface area is 94.1 Å². The molecule has 1 aromatic rings. The van der Waals surface area contributed by atoms with Crippen LogP contribution >= 0.6 is 0 Å². The van der Waals surface area contributed by atoms with Gasteiger partial charge in [0.25, 0.3) is 0 Å². The van der Waals surface area contributed by atoms with Gasteiger partial charge >= 0.3 is 0 Å². The minimum absolute atomic E-state index is 1.07. The monoisotopic (exact) mass is 205 g/mol. The molecule has 0 amide bonds. The summed E-state index contributed by atoms with van der Waals surface area (Å²) in [5.74, 6) is 0. The van der Waals surface area contributed by atoms with Crippen molar-refractivity contribution in [2.75, 3.05) is 0 Å². The van der Waals surface area contributed by atoms with Crippen LogP contribution in [0.3, 0.4) is 0 Å². The Kier molecular flexibility index (Phi) is 6.52. The molecule has 1 nitrogen and oxygen atoms in total. The molecule has 1 heteroatoms. The van der Waals surface area contributed by atoms with E-state index >= 15 is 0 Å². The van der Waals surface area contributed by atoms with Gasteiger partial charge in [-0.3, -0.25) is 0 Å². The third kappa shape index (κ3) is 3.78. The molecule has 0 aliphatic rings. The van der Waals surface area contributed by atoms with Crippen molar-refractivity contribution in [1.82, 2.24) is 4.57 Å². The molecule has 0 aliphatic carbocycles. The van der Waals surface area contributed by atoms with Crippen LogP contribution in [0.1, 0.15) is 45.4 Å². The second-order valence-electron chi connectivity index (χ2n) is 3.32. The average molecular weight is 205 g/mol. The third-order valence-electron chi connectivity index (χ3n) is 2.09. The Morgan fingerprint density at radius 1 is 1.47 bits per heavy atom. The summed E-state index contributed by atoms with van der Waals surface area (Å²) in [5, 5.41) is 0. The smallest absolute Gasteiger partial charge is 0.0476 e. The molecule has 0 saturated carbocycles. The standard InChI is InChI=1S/C12H17N.C2H6/c1-5-6-7-12-11(10(2)3)8-9-13(12)4;1-2/h6-9H,2,5H2,1,3-4H3;1-2H3/b7-6-;. The highest BCUT2D eigenvalue weighted by Gasteiger charge is 2.03. The van der Waals surface area contributed by atoms with Gasteiger partial charge in [-0.25, -0.2) is 0 Å². The first-order chi connectivity index (χ1) is 7.16. The summed E-state index contributed by atoms with van der Waals surface area (Å²) in [6.45, 7) is 12.1. The second-order valence-corrected chi connectivity index (χ2v) is 3.32. The summed E-state index contributed by atoms with van der Waals surface area (Å²) in [7, 11) is 2.06. The van der Waals surface area contributed by atoms with E-state index in [9.17, 15) is 0 Å². The molecule has 0 aromatic carbocycles. The lowest BCUT2D eigenvalue weighted by molar-refractivity contribution is 0.912. The Morgan fingerprint density at radius 3 is 2.53 bits per heavy atom. The zero-order chi connectivity index (χ0) is 11.8. The fourth-order valence-electron chi connectivity index (χ4n) is 1.34. The zero-order valence-corrected chi connectivity index (χ0v) is 10.7. The average Bonchev–Trinajstić information content (AvgIpc) is 2.60. The number of rotatable bonds is 3. The molecule has 0 spiro atoms. The number of hydrogen-bond donors (Lipinski definition) is 0. The summed E-state index contributed by atoms with van der Waals surface area (Å²) < 4.78 is 2.12. The van der Waals surface area contributed by atoms with Crippen LogP contribution in [0.4, 0.5) is 0 Å². The Bertz CT molecular complexity index is 329. The van der Waals surface area contributed by atoms with Crippen molar-refractivity contribution in [2.45, 2.75) is 34.1 Å². The van der Waals surface area contributed by atoms with Gasteiger partial charge in [-0.15, -0.1) is 0 Å². The molecule has 1 aromatic heterocycles. The van der Waals surface area contributed by atoms with Gasteiger partial charge in [0, 0.05) is 24.5 Å². The molecular formula is C14H23N. The largest absolute Gasteiger partial charge is 0.351 e. The van der Waals surface area contributed by atoms with Crippen molar-refractivity contribution in [3.05, 3.63) is 36.2 Å². The number of hydrogen-bond acceptors (Lipinski definition) is 0. The summed E-state index contributed by atoms with van der Waals surface area (Å²) in [4.78, 5) is 0.